The van der Waals surface area contributed by atoms with Crippen LogP contribution in [0.5, 0.6) is 0 Å². The van der Waals surface area contributed by atoms with Gasteiger partial charge < -0.3 is 14.8 Å². The Kier molecular flexibility index (Phi) is 6.60. The molecule has 7 heteroatoms. The van der Waals surface area contributed by atoms with Crippen LogP contribution in [0.2, 0.25) is 0 Å². The standard InChI is InChI=1S/C24H30N6O/c1-3-23-25-12-15-29(23)14-11-24(31)30-13-5-7-19(17-30)21-10-9-20(16-26-21)28-22-8-4-6-18(2)27-22/h4,6,8-10,12,15-16,19H,3,5,7,11,13-14,17H2,1-2H3,(H,27,28). The van der Waals surface area contributed by atoms with E-state index in [4.69, 9.17) is 0 Å². The number of nitrogens with one attached hydrogen (secondary N) is 1. The first-order chi connectivity index (χ1) is 15.1. The molecule has 0 radical (unpaired) electrons. The van der Waals surface area contributed by atoms with E-state index in [1.54, 1.807) is 6.20 Å². The van der Waals surface area contributed by atoms with Crippen LogP contribution in [-0.2, 0) is 17.8 Å². The molecule has 0 aromatic carbocycles. The summed E-state index contributed by atoms with van der Waals surface area (Å²) in [6.07, 6.45) is 9.07. The van der Waals surface area contributed by atoms with Crippen molar-refractivity contribution in [3.8, 4) is 0 Å². The van der Waals surface area contributed by atoms with Crippen LogP contribution in [0.3, 0.4) is 0 Å². The van der Waals surface area contributed by atoms with Crippen molar-refractivity contribution in [2.24, 2.45) is 0 Å². The normalized spacial score (nSPS) is 16.3. The number of likely N-dealkylation sites (tertiary alicyclic amines) is 1. The fraction of sp³-hybridized carbons (Fsp3) is 0.417. The molecule has 1 fully saturated rings. The number of anilines is 2. The Morgan fingerprint density at radius 1 is 1.23 bits per heavy atom. The van der Waals surface area contributed by atoms with Gasteiger partial charge >= 0.3 is 0 Å². The molecule has 0 saturated carbocycles. The van der Waals surface area contributed by atoms with Gasteiger partial charge in [0.2, 0.25) is 5.91 Å². The van der Waals surface area contributed by atoms with Crippen molar-refractivity contribution in [2.75, 3.05) is 18.4 Å². The number of piperidine rings is 1. The van der Waals surface area contributed by atoms with Crippen molar-refractivity contribution < 1.29 is 4.79 Å². The number of carbonyl (C=O) groups excluding carboxylic acids is 1. The highest BCUT2D eigenvalue weighted by atomic mass is 16.2. The van der Waals surface area contributed by atoms with E-state index in [0.29, 0.717) is 13.0 Å². The summed E-state index contributed by atoms with van der Waals surface area (Å²) in [6.45, 7) is 6.32. The number of amides is 1. The van der Waals surface area contributed by atoms with Crippen molar-refractivity contribution in [3.05, 3.63) is 66.1 Å². The van der Waals surface area contributed by atoms with E-state index < -0.39 is 0 Å². The fourth-order valence-electron chi connectivity index (χ4n) is 4.16. The van der Waals surface area contributed by atoms with Crippen LogP contribution < -0.4 is 5.32 Å². The molecular formula is C24H30N6O. The van der Waals surface area contributed by atoms with Crippen molar-refractivity contribution in [2.45, 2.75) is 52.0 Å². The quantitative estimate of drug-likeness (QED) is 0.626. The molecule has 4 heterocycles. The molecule has 7 nitrogen and oxygen atoms in total. The van der Waals surface area contributed by atoms with Crippen LogP contribution >= 0.6 is 0 Å². The van der Waals surface area contributed by atoms with Crippen LogP contribution in [0.15, 0.2) is 48.9 Å². The first kappa shape index (κ1) is 21.0. The van der Waals surface area contributed by atoms with Gasteiger partial charge in [0.05, 0.1) is 11.9 Å². The highest BCUT2D eigenvalue weighted by Gasteiger charge is 2.25. The molecule has 1 N–H and O–H groups in total. The van der Waals surface area contributed by atoms with E-state index in [2.05, 4.69) is 37.8 Å². The average molecular weight is 419 g/mol. The van der Waals surface area contributed by atoms with Crippen LogP contribution in [0.1, 0.15) is 49.3 Å². The Morgan fingerprint density at radius 3 is 2.90 bits per heavy atom. The van der Waals surface area contributed by atoms with Gasteiger partial charge in [-0.1, -0.05) is 13.0 Å². The van der Waals surface area contributed by atoms with Gasteiger partial charge in [-0.05, 0) is 44.0 Å². The lowest BCUT2D eigenvalue weighted by molar-refractivity contribution is -0.132. The number of aryl methyl sites for hydroxylation is 3. The average Bonchev–Trinajstić information content (AvgIpc) is 3.26. The Hall–Kier alpha value is -3.22. The molecule has 162 valence electrons. The molecule has 0 bridgehead atoms. The Bertz CT molecular complexity index is 1010. The molecule has 0 aliphatic carbocycles. The van der Waals surface area contributed by atoms with Gasteiger partial charge in [-0.3, -0.25) is 9.78 Å². The monoisotopic (exact) mass is 418 g/mol. The zero-order valence-corrected chi connectivity index (χ0v) is 18.3. The van der Waals surface area contributed by atoms with Gasteiger partial charge in [0.1, 0.15) is 11.6 Å². The molecule has 3 aromatic rings. The number of pyridine rings is 2. The minimum atomic E-state index is 0.212. The zero-order chi connectivity index (χ0) is 21.6. The minimum Gasteiger partial charge on any atom is -0.342 e. The van der Waals surface area contributed by atoms with E-state index >= 15 is 0 Å². The van der Waals surface area contributed by atoms with Crippen molar-refractivity contribution >= 4 is 17.4 Å². The molecule has 1 unspecified atom stereocenters. The van der Waals surface area contributed by atoms with Crippen LogP contribution in [0.25, 0.3) is 0 Å². The Labute approximate surface area is 183 Å². The van der Waals surface area contributed by atoms with Crippen molar-refractivity contribution in [1.82, 2.24) is 24.4 Å². The first-order valence-corrected chi connectivity index (χ1v) is 11.1. The first-order valence-electron chi connectivity index (χ1n) is 11.1. The molecule has 1 atom stereocenters. The highest BCUT2D eigenvalue weighted by Crippen LogP contribution is 2.27. The molecule has 1 aliphatic heterocycles. The van der Waals surface area contributed by atoms with Crippen LogP contribution in [0.4, 0.5) is 11.5 Å². The summed E-state index contributed by atoms with van der Waals surface area (Å²) in [6, 6.07) is 10.0. The number of imidazole rings is 1. The lowest BCUT2D eigenvalue weighted by atomic mass is 9.94. The molecule has 1 amide bonds. The third-order valence-electron chi connectivity index (χ3n) is 5.82. The minimum absolute atomic E-state index is 0.212. The van der Waals surface area contributed by atoms with E-state index in [-0.39, 0.29) is 11.8 Å². The molecular weight excluding hydrogens is 388 g/mol. The van der Waals surface area contributed by atoms with Crippen molar-refractivity contribution in [1.29, 1.82) is 0 Å². The summed E-state index contributed by atoms with van der Waals surface area (Å²) in [7, 11) is 0. The summed E-state index contributed by atoms with van der Waals surface area (Å²) in [5.41, 5.74) is 2.93. The van der Waals surface area contributed by atoms with Gasteiger partial charge in [-0.25, -0.2) is 9.97 Å². The third-order valence-corrected chi connectivity index (χ3v) is 5.82. The largest absolute Gasteiger partial charge is 0.342 e. The summed E-state index contributed by atoms with van der Waals surface area (Å²) in [5.74, 6) is 2.34. The summed E-state index contributed by atoms with van der Waals surface area (Å²) >= 11 is 0. The number of aromatic nitrogens is 4. The maximum atomic E-state index is 12.8. The zero-order valence-electron chi connectivity index (χ0n) is 18.3. The SMILES string of the molecule is CCc1nccn1CCC(=O)N1CCCC(c2ccc(Nc3cccc(C)n3)cn2)C1. The predicted octanol–water partition coefficient (Wildman–Crippen LogP) is 4.08. The van der Waals surface area contributed by atoms with E-state index in [1.165, 1.54) is 0 Å². The smallest absolute Gasteiger partial charge is 0.224 e. The number of nitrogens with zero attached hydrogens (tertiary/aromatic N) is 5. The second-order valence-electron chi connectivity index (χ2n) is 8.08. The molecule has 1 aliphatic rings. The number of hydrogen-bond donors (Lipinski definition) is 1. The molecule has 1 saturated heterocycles. The molecule has 4 rings (SSSR count). The highest BCUT2D eigenvalue weighted by molar-refractivity contribution is 5.76. The third kappa shape index (κ3) is 5.29. The van der Waals surface area contributed by atoms with Crippen LogP contribution in [-0.4, -0.2) is 43.4 Å². The van der Waals surface area contributed by atoms with Gasteiger partial charge in [0, 0.05) is 62.2 Å². The van der Waals surface area contributed by atoms with Gasteiger partial charge in [0.25, 0.3) is 0 Å². The summed E-state index contributed by atoms with van der Waals surface area (Å²) in [5, 5.41) is 3.30. The lowest BCUT2D eigenvalue weighted by Gasteiger charge is -2.32. The topological polar surface area (TPSA) is 75.9 Å². The predicted molar refractivity (Wildman–Crippen MR) is 121 cm³/mol. The second kappa shape index (κ2) is 9.73. The fourth-order valence-corrected chi connectivity index (χ4v) is 4.16. The number of carbonyl (C=O) groups is 1. The summed E-state index contributed by atoms with van der Waals surface area (Å²) < 4.78 is 2.08. The number of hydrogen-bond acceptors (Lipinski definition) is 5. The van der Waals surface area contributed by atoms with E-state index in [0.717, 1.165) is 61.1 Å². The maximum Gasteiger partial charge on any atom is 0.224 e. The maximum absolute atomic E-state index is 12.8. The van der Waals surface area contributed by atoms with E-state index in [1.807, 2.05) is 48.5 Å². The van der Waals surface area contributed by atoms with E-state index in [9.17, 15) is 4.79 Å². The Morgan fingerprint density at radius 2 is 2.13 bits per heavy atom. The van der Waals surface area contributed by atoms with Crippen molar-refractivity contribution in [3.63, 3.8) is 0 Å². The van der Waals surface area contributed by atoms with Gasteiger partial charge in [0.15, 0.2) is 0 Å². The summed E-state index contributed by atoms with van der Waals surface area (Å²) in [4.78, 5) is 28.3. The number of rotatable bonds is 7. The molecule has 0 spiro atoms. The lowest BCUT2D eigenvalue weighted by Crippen LogP contribution is -2.39. The van der Waals surface area contributed by atoms with Gasteiger partial charge in [-0.15, -0.1) is 0 Å². The molecule has 3 aromatic heterocycles. The Balaban J connectivity index is 1.34. The van der Waals surface area contributed by atoms with Crippen LogP contribution in [0, 0.1) is 6.92 Å². The second-order valence-corrected chi connectivity index (χ2v) is 8.08. The molecule has 31 heavy (non-hydrogen) atoms. The van der Waals surface area contributed by atoms with Gasteiger partial charge in [-0.2, -0.15) is 0 Å².